The highest BCUT2D eigenvalue weighted by Crippen LogP contribution is 2.24. The summed E-state index contributed by atoms with van der Waals surface area (Å²) in [4.78, 5) is 19.0. The molecule has 1 saturated heterocycles. The molecule has 0 bridgehead atoms. The van der Waals surface area contributed by atoms with E-state index in [-0.39, 0.29) is 5.91 Å². The van der Waals surface area contributed by atoms with Crippen LogP contribution in [0.25, 0.3) is 0 Å². The van der Waals surface area contributed by atoms with Crippen molar-refractivity contribution in [3.63, 3.8) is 0 Å². The number of amides is 1. The zero-order valence-electron chi connectivity index (χ0n) is 12.6. The van der Waals surface area contributed by atoms with Crippen LogP contribution in [0.2, 0.25) is 0 Å². The molecule has 1 aliphatic rings. The van der Waals surface area contributed by atoms with Crippen LogP contribution in [0, 0.1) is 6.92 Å². The topological polar surface area (TPSA) is 54.5 Å². The summed E-state index contributed by atoms with van der Waals surface area (Å²) >= 11 is 0. The molecule has 0 radical (unpaired) electrons. The lowest BCUT2D eigenvalue weighted by Crippen LogP contribution is -2.37. The molecule has 3 rings (SSSR count). The van der Waals surface area contributed by atoms with Crippen molar-refractivity contribution in [3.05, 3.63) is 53.7 Å². The van der Waals surface area contributed by atoms with Crippen LogP contribution in [0.15, 0.2) is 42.6 Å². The van der Waals surface area contributed by atoms with Gasteiger partial charge in [0.15, 0.2) is 5.82 Å². The zero-order valence-corrected chi connectivity index (χ0v) is 12.6. The predicted octanol–water partition coefficient (Wildman–Crippen LogP) is 2.48. The predicted molar refractivity (Wildman–Crippen MR) is 86.4 cm³/mol. The fourth-order valence-electron chi connectivity index (χ4n) is 2.50. The van der Waals surface area contributed by atoms with E-state index in [9.17, 15) is 4.79 Å². The van der Waals surface area contributed by atoms with Crippen molar-refractivity contribution in [3.8, 4) is 0 Å². The van der Waals surface area contributed by atoms with Gasteiger partial charge in [0, 0.05) is 24.8 Å². The van der Waals surface area contributed by atoms with Crippen LogP contribution in [-0.4, -0.2) is 37.2 Å². The maximum Gasteiger partial charge on any atom is 0.255 e. The monoisotopic (exact) mass is 297 g/mol. The highest BCUT2D eigenvalue weighted by Gasteiger charge is 2.17. The van der Waals surface area contributed by atoms with Crippen molar-refractivity contribution >= 4 is 17.4 Å². The lowest BCUT2D eigenvalue weighted by molar-refractivity contribution is 0.102. The number of nitrogens with one attached hydrogen (secondary N) is 1. The first kappa shape index (κ1) is 14.5. The molecule has 0 atom stereocenters. The molecule has 2 heterocycles. The van der Waals surface area contributed by atoms with Gasteiger partial charge in [0.25, 0.3) is 5.91 Å². The lowest BCUT2D eigenvalue weighted by atomic mass is 10.1. The Bertz CT molecular complexity index is 666. The third-order valence-electron chi connectivity index (χ3n) is 3.63. The molecule has 0 spiro atoms. The Morgan fingerprint density at radius 3 is 2.82 bits per heavy atom. The van der Waals surface area contributed by atoms with E-state index in [4.69, 9.17) is 4.74 Å². The van der Waals surface area contributed by atoms with Gasteiger partial charge in [-0.2, -0.15) is 0 Å². The molecule has 22 heavy (non-hydrogen) atoms. The van der Waals surface area contributed by atoms with Gasteiger partial charge in [0.2, 0.25) is 0 Å². The average molecular weight is 297 g/mol. The van der Waals surface area contributed by atoms with Crippen molar-refractivity contribution in [2.75, 3.05) is 36.5 Å². The Kier molecular flexibility index (Phi) is 4.34. The van der Waals surface area contributed by atoms with Crippen LogP contribution < -0.4 is 10.2 Å². The maximum atomic E-state index is 12.4. The SMILES string of the molecule is Cc1cccc(C(=O)Nc2cccnc2N2CCOCC2)c1. The minimum atomic E-state index is -0.119. The molecule has 1 aliphatic heterocycles. The van der Waals surface area contributed by atoms with Crippen molar-refractivity contribution in [1.29, 1.82) is 0 Å². The van der Waals surface area contributed by atoms with E-state index in [0.29, 0.717) is 18.8 Å². The summed E-state index contributed by atoms with van der Waals surface area (Å²) in [5.74, 6) is 0.679. The molecule has 1 aromatic heterocycles. The highest BCUT2D eigenvalue weighted by molar-refractivity contribution is 6.05. The number of aromatic nitrogens is 1. The smallest absolute Gasteiger partial charge is 0.255 e. The Morgan fingerprint density at radius 2 is 2.05 bits per heavy atom. The summed E-state index contributed by atoms with van der Waals surface area (Å²) < 4.78 is 5.37. The molecule has 0 saturated carbocycles. The Hall–Kier alpha value is -2.40. The Morgan fingerprint density at radius 1 is 1.23 bits per heavy atom. The van der Waals surface area contributed by atoms with Gasteiger partial charge in [-0.15, -0.1) is 0 Å². The molecule has 1 aromatic carbocycles. The molecule has 1 N–H and O–H groups in total. The first-order valence-electron chi connectivity index (χ1n) is 7.40. The van der Waals surface area contributed by atoms with E-state index in [2.05, 4.69) is 15.2 Å². The number of benzene rings is 1. The number of aryl methyl sites for hydroxylation is 1. The molecule has 1 amide bonds. The van der Waals surface area contributed by atoms with Gasteiger partial charge in [-0.25, -0.2) is 4.98 Å². The third-order valence-corrected chi connectivity index (χ3v) is 3.63. The fourth-order valence-corrected chi connectivity index (χ4v) is 2.50. The molecule has 5 heteroatoms. The number of rotatable bonds is 3. The van der Waals surface area contributed by atoms with Crippen LogP contribution >= 0.6 is 0 Å². The normalized spacial score (nSPS) is 14.7. The van der Waals surface area contributed by atoms with E-state index < -0.39 is 0 Å². The fraction of sp³-hybridized carbons (Fsp3) is 0.294. The first-order chi connectivity index (χ1) is 10.7. The number of anilines is 2. The maximum absolute atomic E-state index is 12.4. The van der Waals surface area contributed by atoms with Crippen LogP contribution in [0.5, 0.6) is 0 Å². The molecular formula is C17H19N3O2. The van der Waals surface area contributed by atoms with Crippen molar-refractivity contribution in [1.82, 2.24) is 4.98 Å². The van der Waals surface area contributed by atoms with Crippen molar-refractivity contribution in [2.45, 2.75) is 6.92 Å². The third kappa shape index (κ3) is 3.26. The summed E-state index contributed by atoms with van der Waals surface area (Å²) in [6.45, 7) is 4.90. The van der Waals surface area contributed by atoms with Gasteiger partial charge >= 0.3 is 0 Å². The molecule has 5 nitrogen and oxygen atoms in total. The van der Waals surface area contributed by atoms with Gasteiger partial charge in [0.05, 0.1) is 18.9 Å². The van der Waals surface area contributed by atoms with Crippen LogP contribution in [0.1, 0.15) is 15.9 Å². The lowest BCUT2D eigenvalue weighted by Gasteiger charge is -2.29. The van der Waals surface area contributed by atoms with Crippen LogP contribution in [0.3, 0.4) is 0 Å². The summed E-state index contributed by atoms with van der Waals surface area (Å²) in [6, 6.07) is 11.3. The molecular weight excluding hydrogens is 278 g/mol. The van der Waals surface area contributed by atoms with E-state index >= 15 is 0 Å². The Balaban J connectivity index is 1.81. The number of hydrogen-bond donors (Lipinski definition) is 1. The van der Waals surface area contributed by atoms with E-state index in [1.165, 1.54) is 0 Å². The quantitative estimate of drug-likeness (QED) is 0.945. The highest BCUT2D eigenvalue weighted by atomic mass is 16.5. The number of carbonyl (C=O) groups excluding carboxylic acids is 1. The second-order valence-corrected chi connectivity index (χ2v) is 5.30. The van der Waals surface area contributed by atoms with Gasteiger partial charge < -0.3 is 15.0 Å². The second-order valence-electron chi connectivity index (χ2n) is 5.30. The number of carbonyl (C=O) groups is 1. The largest absolute Gasteiger partial charge is 0.378 e. The second kappa shape index (κ2) is 6.58. The van der Waals surface area contributed by atoms with Gasteiger partial charge in [-0.1, -0.05) is 17.7 Å². The minimum Gasteiger partial charge on any atom is -0.378 e. The molecule has 0 aliphatic carbocycles. The van der Waals surface area contributed by atoms with Gasteiger partial charge in [-0.3, -0.25) is 4.79 Å². The van der Waals surface area contributed by atoms with Crippen molar-refractivity contribution in [2.24, 2.45) is 0 Å². The summed E-state index contributed by atoms with van der Waals surface area (Å²) in [6.07, 6.45) is 1.74. The van der Waals surface area contributed by atoms with E-state index in [1.807, 2.05) is 43.3 Å². The number of pyridine rings is 1. The Labute approximate surface area is 129 Å². The van der Waals surface area contributed by atoms with Crippen LogP contribution in [-0.2, 0) is 4.74 Å². The summed E-state index contributed by atoms with van der Waals surface area (Å²) in [7, 11) is 0. The number of morpholine rings is 1. The van der Waals surface area contributed by atoms with Crippen LogP contribution in [0.4, 0.5) is 11.5 Å². The zero-order chi connectivity index (χ0) is 15.4. The van der Waals surface area contributed by atoms with Gasteiger partial charge in [-0.05, 0) is 31.2 Å². The molecule has 114 valence electrons. The molecule has 0 unspecified atom stereocenters. The van der Waals surface area contributed by atoms with Gasteiger partial charge in [0.1, 0.15) is 0 Å². The molecule has 2 aromatic rings. The number of hydrogen-bond acceptors (Lipinski definition) is 4. The van der Waals surface area contributed by atoms with E-state index in [1.54, 1.807) is 6.20 Å². The number of nitrogens with zero attached hydrogens (tertiary/aromatic N) is 2. The van der Waals surface area contributed by atoms with E-state index in [0.717, 1.165) is 30.2 Å². The number of ether oxygens (including phenoxy) is 1. The summed E-state index contributed by atoms with van der Waals surface area (Å²) in [5, 5.41) is 2.97. The molecule has 1 fully saturated rings. The standard InChI is InChI=1S/C17H19N3O2/c1-13-4-2-5-14(12-13)17(21)19-15-6-3-7-18-16(15)20-8-10-22-11-9-20/h2-7,12H,8-11H2,1H3,(H,19,21). The minimum absolute atomic E-state index is 0.119. The summed E-state index contributed by atoms with van der Waals surface area (Å²) in [5.41, 5.74) is 2.44. The first-order valence-corrected chi connectivity index (χ1v) is 7.40. The van der Waals surface area contributed by atoms with Crippen molar-refractivity contribution < 1.29 is 9.53 Å². The average Bonchev–Trinajstić information content (AvgIpc) is 2.56.